The zero-order chi connectivity index (χ0) is 23.1. The molecule has 170 valence electrons. The van der Waals surface area contributed by atoms with E-state index in [1.165, 1.54) is 4.68 Å². The third-order valence-corrected chi connectivity index (χ3v) is 6.62. The molecule has 8 nitrogen and oxygen atoms in total. The molecule has 8 heteroatoms. The second-order valence-electron chi connectivity index (χ2n) is 8.77. The summed E-state index contributed by atoms with van der Waals surface area (Å²) in [5, 5.41) is 23.8. The van der Waals surface area contributed by atoms with Crippen molar-refractivity contribution in [1.29, 1.82) is 0 Å². The fourth-order valence-corrected chi connectivity index (χ4v) is 4.45. The smallest absolute Gasteiger partial charge is 0.278 e. The number of aryl methyl sites for hydroxylation is 2. The van der Waals surface area contributed by atoms with Crippen LogP contribution < -0.4 is 5.56 Å². The number of benzene rings is 2. The van der Waals surface area contributed by atoms with Crippen LogP contribution >= 0.6 is 0 Å². The largest absolute Gasteiger partial charge is 0.391 e. The fraction of sp³-hybridized carbons (Fsp3) is 0.360. The molecule has 0 spiro atoms. The average Bonchev–Trinajstić information content (AvgIpc) is 3.25. The number of rotatable bonds is 4. The first kappa shape index (κ1) is 21.5. The van der Waals surface area contributed by atoms with Crippen molar-refractivity contribution < 1.29 is 9.84 Å². The lowest BCUT2D eigenvalue weighted by molar-refractivity contribution is -0.0352. The summed E-state index contributed by atoms with van der Waals surface area (Å²) in [4.78, 5) is 13.3. The Kier molecular flexibility index (Phi) is 5.55. The lowest BCUT2D eigenvalue weighted by Crippen LogP contribution is -2.41. The van der Waals surface area contributed by atoms with E-state index in [4.69, 9.17) is 4.74 Å². The Morgan fingerprint density at radius 1 is 1.15 bits per heavy atom. The lowest BCUT2D eigenvalue weighted by atomic mass is 9.94. The Morgan fingerprint density at radius 3 is 2.64 bits per heavy atom. The molecule has 1 fully saturated rings. The van der Waals surface area contributed by atoms with Crippen molar-refractivity contribution in [2.75, 3.05) is 13.2 Å². The minimum Gasteiger partial charge on any atom is -0.391 e. The fourth-order valence-electron chi connectivity index (χ4n) is 4.45. The number of ether oxygens (including phenoxy) is 1. The highest BCUT2D eigenvalue weighted by Crippen LogP contribution is 2.26. The molecule has 2 unspecified atom stereocenters. The highest BCUT2D eigenvalue weighted by molar-refractivity contribution is 5.82. The van der Waals surface area contributed by atoms with Gasteiger partial charge in [0.05, 0.1) is 23.8 Å². The van der Waals surface area contributed by atoms with E-state index in [1.54, 1.807) is 4.68 Å². The van der Waals surface area contributed by atoms with Crippen LogP contribution in [0.15, 0.2) is 47.4 Å². The number of aromatic nitrogens is 5. The van der Waals surface area contributed by atoms with Crippen molar-refractivity contribution >= 4 is 10.9 Å². The molecule has 0 bridgehead atoms. The number of hydrogen-bond donors (Lipinski definition) is 1. The Bertz CT molecular complexity index is 1370. The van der Waals surface area contributed by atoms with E-state index in [9.17, 15) is 9.90 Å². The monoisotopic (exact) mass is 445 g/mol. The molecule has 1 aliphatic heterocycles. The summed E-state index contributed by atoms with van der Waals surface area (Å²) in [6.45, 7) is 4.76. The maximum atomic E-state index is 13.3. The summed E-state index contributed by atoms with van der Waals surface area (Å²) >= 11 is 0. The average molecular weight is 446 g/mol. The molecule has 0 amide bonds. The van der Waals surface area contributed by atoms with Crippen LogP contribution in [0.3, 0.4) is 0 Å². The molecule has 1 saturated heterocycles. The van der Waals surface area contributed by atoms with E-state index in [-0.39, 0.29) is 12.2 Å². The maximum absolute atomic E-state index is 13.3. The first-order chi connectivity index (χ1) is 15.9. The highest BCUT2D eigenvalue weighted by atomic mass is 16.5. The Balaban J connectivity index is 1.51. The maximum Gasteiger partial charge on any atom is 0.278 e. The summed E-state index contributed by atoms with van der Waals surface area (Å²) in [6, 6.07) is 11.7. The topological polar surface area (TPSA) is 95.1 Å². The van der Waals surface area contributed by atoms with Crippen molar-refractivity contribution in [3.05, 3.63) is 75.2 Å². The standard InChI is InChI=1S/C25H27N5O3/c1-15-16(2)24-20(25(32)30(28-26-24)22-14-33-11-9-23(22)31)13-19(15)12-17-4-6-18(7-5-17)21-8-10-29(3)27-21/h4-8,10,13,22-23,31H,9,11-12,14H2,1-3H3. The van der Waals surface area contributed by atoms with E-state index in [0.717, 1.165) is 33.5 Å². The quantitative estimate of drug-likeness (QED) is 0.519. The second kappa shape index (κ2) is 8.53. The number of aliphatic hydroxyl groups excluding tert-OH is 1. The first-order valence-corrected chi connectivity index (χ1v) is 11.2. The summed E-state index contributed by atoms with van der Waals surface area (Å²) in [5.74, 6) is 0. The van der Waals surface area contributed by atoms with Gasteiger partial charge in [-0.05, 0) is 61.1 Å². The van der Waals surface area contributed by atoms with Gasteiger partial charge in [0.15, 0.2) is 0 Å². The molecule has 0 aliphatic carbocycles. The van der Waals surface area contributed by atoms with Gasteiger partial charge in [0, 0.05) is 25.4 Å². The predicted octanol–water partition coefficient (Wildman–Crippen LogP) is 2.72. The van der Waals surface area contributed by atoms with Gasteiger partial charge in [0.2, 0.25) is 0 Å². The van der Waals surface area contributed by atoms with Crippen molar-refractivity contribution in [3.8, 4) is 11.3 Å². The SMILES string of the molecule is Cc1c(Cc2ccc(-c3ccn(C)n3)cc2)cc2c(=O)n(C3COCCC3O)nnc2c1C. The van der Waals surface area contributed by atoms with Crippen LogP contribution in [-0.2, 0) is 18.2 Å². The van der Waals surface area contributed by atoms with Crippen LogP contribution in [0.4, 0.5) is 0 Å². The summed E-state index contributed by atoms with van der Waals surface area (Å²) < 4.78 is 8.54. The Labute approximate surface area is 191 Å². The van der Waals surface area contributed by atoms with Crippen molar-refractivity contribution in [3.63, 3.8) is 0 Å². The van der Waals surface area contributed by atoms with Gasteiger partial charge in [-0.3, -0.25) is 9.48 Å². The molecule has 2 aromatic carbocycles. The zero-order valence-electron chi connectivity index (χ0n) is 19.0. The second-order valence-corrected chi connectivity index (χ2v) is 8.77. The molecule has 0 radical (unpaired) electrons. The van der Waals surface area contributed by atoms with Crippen LogP contribution in [-0.4, -0.2) is 49.2 Å². The third-order valence-electron chi connectivity index (χ3n) is 6.62. The zero-order valence-corrected chi connectivity index (χ0v) is 19.0. The van der Waals surface area contributed by atoms with Gasteiger partial charge in [-0.25, -0.2) is 4.68 Å². The predicted molar refractivity (Wildman–Crippen MR) is 125 cm³/mol. The summed E-state index contributed by atoms with van der Waals surface area (Å²) in [5.41, 5.74) is 6.64. The summed E-state index contributed by atoms with van der Waals surface area (Å²) in [6.07, 6.45) is 2.43. The van der Waals surface area contributed by atoms with Crippen molar-refractivity contribution in [1.82, 2.24) is 24.8 Å². The number of hydrogen-bond acceptors (Lipinski definition) is 6. The van der Waals surface area contributed by atoms with Crippen molar-refractivity contribution in [2.24, 2.45) is 7.05 Å². The van der Waals surface area contributed by atoms with Gasteiger partial charge >= 0.3 is 0 Å². The molecule has 2 aromatic heterocycles. The number of nitrogens with zero attached hydrogens (tertiary/aromatic N) is 5. The summed E-state index contributed by atoms with van der Waals surface area (Å²) in [7, 11) is 1.91. The molecule has 0 saturated carbocycles. The van der Waals surface area contributed by atoms with Gasteiger partial charge in [0.25, 0.3) is 5.56 Å². The van der Waals surface area contributed by atoms with Gasteiger partial charge in [-0.15, -0.1) is 5.10 Å². The first-order valence-electron chi connectivity index (χ1n) is 11.2. The van der Waals surface area contributed by atoms with E-state index >= 15 is 0 Å². The normalized spacial score (nSPS) is 18.7. The van der Waals surface area contributed by atoms with E-state index in [1.807, 2.05) is 32.3 Å². The van der Waals surface area contributed by atoms with Crippen LogP contribution in [0, 0.1) is 13.8 Å². The van der Waals surface area contributed by atoms with E-state index in [0.29, 0.717) is 30.4 Å². The molecule has 5 rings (SSSR count). The molecule has 2 atom stereocenters. The molecule has 3 heterocycles. The van der Waals surface area contributed by atoms with E-state index in [2.05, 4.69) is 46.6 Å². The molecular formula is C25H27N5O3. The minimum absolute atomic E-state index is 0.246. The van der Waals surface area contributed by atoms with Crippen molar-refractivity contribution in [2.45, 2.75) is 38.8 Å². The van der Waals surface area contributed by atoms with Gasteiger partial charge in [0.1, 0.15) is 11.6 Å². The van der Waals surface area contributed by atoms with Gasteiger partial charge in [-0.1, -0.05) is 29.5 Å². The molecule has 33 heavy (non-hydrogen) atoms. The molecule has 4 aromatic rings. The Hall–Kier alpha value is -3.36. The molecule has 1 N–H and O–H groups in total. The number of aliphatic hydroxyl groups is 1. The Morgan fingerprint density at radius 2 is 1.94 bits per heavy atom. The van der Waals surface area contributed by atoms with Crippen LogP contribution in [0.5, 0.6) is 0 Å². The highest BCUT2D eigenvalue weighted by Gasteiger charge is 2.28. The van der Waals surface area contributed by atoms with Crippen LogP contribution in [0.2, 0.25) is 0 Å². The third kappa shape index (κ3) is 3.96. The van der Waals surface area contributed by atoms with Gasteiger partial charge < -0.3 is 9.84 Å². The molecule has 1 aliphatic rings. The molecular weight excluding hydrogens is 418 g/mol. The lowest BCUT2D eigenvalue weighted by Gasteiger charge is -2.27. The van der Waals surface area contributed by atoms with Gasteiger partial charge in [-0.2, -0.15) is 5.10 Å². The van der Waals surface area contributed by atoms with Crippen LogP contribution in [0.1, 0.15) is 34.7 Å². The number of fused-ring (bicyclic) bond motifs is 1. The van der Waals surface area contributed by atoms with Crippen LogP contribution in [0.25, 0.3) is 22.2 Å². The minimum atomic E-state index is -0.674. The van der Waals surface area contributed by atoms with E-state index < -0.39 is 12.1 Å².